The molecule has 2 aliphatic rings. The molecule has 148 valence electrons. The van der Waals surface area contributed by atoms with Crippen molar-refractivity contribution < 1.29 is 4.79 Å². The van der Waals surface area contributed by atoms with E-state index in [9.17, 15) is 4.79 Å². The van der Waals surface area contributed by atoms with Gasteiger partial charge in [0.2, 0.25) is 5.91 Å². The van der Waals surface area contributed by atoms with Gasteiger partial charge in [0, 0.05) is 31.6 Å². The summed E-state index contributed by atoms with van der Waals surface area (Å²) in [5.74, 6) is 0.193. The number of likely N-dealkylation sites (tertiary alicyclic amines) is 2. The molecular weight excluding hydrogens is 391 g/mol. The highest BCUT2D eigenvalue weighted by atomic mass is 35.5. The van der Waals surface area contributed by atoms with Gasteiger partial charge in [0.15, 0.2) is 0 Å². The van der Waals surface area contributed by atoms with E-state index in [2.05, 4.69) is 40.1 Å². The molecular formula is C23H26Cl2N2O. The van der Waals surface area contributed by atoms with Crippen LogP contribution in [0.5, 0.6) is 0 Å². The summed E-state index contributed by atoms with van der Waals surface area (Å²) in [5.41, 5.74) is 2.54. The third kappa shape index (κ3) is 4.53. The average molecular weight is 417 g/mol. The summed E-state index contributed by atoms with van der Waals surface area (Å²) in [6.45, 7) is 4.93. The summed E-state index contributed by atoms with van der Waals surface area (Å²) in [7, 11) is 0. The van der Waals surface area contributed by atoms with Gasteiger partial charge >= 0.3 is 0 Å². The number of hydrogen-bond acceptors (Lipinski definition) is 2. The molecule has 1 atom stereocenters. The van der Waals surface area contributed by atoms with Crippen LogP contribution < -0.4 is 0 Å². The first-order valence-electron chi connectivity index (χ1n) is 10.0. The van der Waals surface area contributed by atoms with Crippen LogP contribution in [0.1, 0.15) is 30.4 Å². The largest absolute Gasteiger partial charge is 0.342 e. The first kappa shape index (κ1) is 19.8. The molecule has 0 aliphatic carbocycles. The standard InChI is InChI=1S/C23H26Cl2N2O/c24-20-8-7-19(13-21(20)25)14-22(28)27-11-4-9-23(17-27)10-12-26(16-23)15-18-5-2-1-3-6-18/h1-3,5-8,13H,4,9-12,14-17H2. The SMILES string of the molecule is O=C(Cc1ccc(Cl)c(Cl)c1)N1CCCC2(CCN(Cc3ccccc3)C2)C1. The first-order chi connectivity index (χ1) is 13.5. The van der Waals surface area contributed by atoms with E-state index in [4.69, 9.17) is 23.2 Å². The van der Waals surface area contributed by atoms with Gasteiger partial charge in [-0.1, -0.05) is 59.6 Å². The van der Waals surface area contributed by atoms with Crippen molar-refractivity contribution in [3.8, 4) is 0 Å². The monoisotopic (exact) mass is 416 g/mol. The lowest BCUT2D eigenvalue weighted by Crippen LogP contribution is -2.47. The van der Waals surface area contributed by atoms with Crippen molar-refractivity contribution in [1.82, 2.24) is 9.80 Å². The normalized spacial score (nSPS) is 22.7. The number of hydrogen-bond donors (Lipinski definition) is 0. The fourth-order valence-corrected chi connectivity index (χ4v) is 5.01. The van der Waals surface area contributed by atoms with E-state index in [1.165, 1.54) is 18.4 Å². The van der Waals surface area contributed by atoms with Crippen molar-refractivity contribution in [1.29, 1.82) is 0 Å². The Morgan fingerprint density at radius 1 is 0.929 bits per heavy atom. The molecule has 2 heterocycles. The Labute approximate surface area is 177 Å². The summed E-state index contributed by atoms with van der Waals surface area (Å²) in [5, 5.41) is 1.04. The molecule has 3 nitrogen and oxygen atoms in total. The van der Waals surface area contributed by atoms with E-state index in [1.54, 1.807) is 12.1 Å². The molecule has 0 saturated carbocycles. The van der Waals surface area contributed by atoms with Crippen LogP contribution in [0.3, 0.4) is 0 Å². The summed E-state index contributed by atoms with van der Waals surface area (Å²) in [6, 6.07) is 16.1. The number of benzene rings is 2. The van der Waals surface area contributed by atoms with Crippen LogP contribution in [0.4, 0.5) is 0 Å². The van der Waals surface area contributed by atoms with Crippen LogP contribution in [0.15, 0.2) is 48.5 Å². The van der Waals surface area contributed by atoms with Crippen molar-refractivity contribution in [2.24, 2.45) is 5.41 Å². The van der Waals surface area contributed by atoms with E-state index in [-0.39, 0.29) is 11.3 Å². The fourth-order valence-electron chi connectivity index (χ4n) is 4.69. The predicted octanol–water partition coefficient (Wildman–Crippen LogP) is 5.05. The molecule has 2 aromatic rings. The van der Waals surface area contributed by atoms with Gasteiger partial charge in [-0.2, -0.15) is 0 Å². The van der Waals surface area contributed by atoms with Crippen LogP contribution in [-0.2, 0) is 17.8 Å². The molecule has 2 fully saturated rings. The lowest BCUT2D eigenvalue weighted by molar-refractivity contribution is -0.133. The second kappa shape index (κ2) is 8.44. The number of carbonyl (C=O) groups is 1. The molecule has 2 aromatic carbocycles. The molecule has 1 spiro atoms. The van der Waals surface area contributed by atoms with Crippen molar-refractivity contribution in [3.05, 3.63) is 69.7 Å². The Balaban J connectivity index is 1.37. The van der Waals surface area contributed by atoms with Crippen molar-refractivity contribution in [3.63, 3.8) is 0 Å². The van der Waals surface area contributed by atoms with E-state index in [0.29, 0.717) is 16.5 Å². The second-order valence-electron chi connectivity index (χ2n) is 8.29. The second-order valence-corrected chi connectivity index (χ2v) is 9.10. The third-order valence-corrected chi connectivity index (χ3v) is 6.86. The topological polar surface area (TPSA) is 23.6 Å². The minimum absolute atomic E-state index is 0.193. The molecule has 1 amide bonds. The van der Waals surface area contributed by atoms with Gasteiger partial charge in [-0.3, -0.25) is 9.69 Å². The highest BCUT2D eigenvalue weighted by molar-refractivity contribution is 6.42. The van der Waals surface area contributed by atoms with Gasteiger partial charge in [0.25, 0.3) is 0 Å². The predicted molar refractivity (Wildman–Crippen MR) is 115 cm³/mol. The number of amides is 1. The number of nitrogens with zero attached hydrogens (tertiary/aromatic N) is 2. The minimum atomic E-state index is 0.193. The molecule has 5 heteroatoms. The third-order valence-electron chi connectivity index (χ3n) is 6.12. The smallest absolute Gasteiger partial charge is 0.227 e. The maximum atomic E-state index is 12.9. The van der Waals surface area contributed by atoms with Gasteiger partial charge in [-0.25, -0.2) is 0 Å². The number of rotatable bonds is 4. The van der Waals surface area contributed by atoms with Gasteiger partial charge < -0.3 is 4.90 Å². The number of piperidine rings is 1. The molecule has 0 bridgehead atoms. The molecule has 0 radical (unpaired) electrons. The van der Waals surface area contributed by atoms with Crippen molar-refractivity contribution >= 4 is 29.1 Å². The van der Waals surface area contributed by atoms with Crippen LogP contribution in [0.25, 0.3) is 0 Å². The quantitative estimate of drug-likeness (QED) is 0.695. The van der Waals surface area contributed by atoms with Gasteiger partial charge in [-0.15, -0.1) is 0 Å². The van der Waals surface area contributed by atoms with Gasteiger partial charge in [0.05, 0.1) is 16.5 Å². The summed E-state index contributed by atoms with van der Waals surface area (Å²) in [4.78, 5) is 17.5. The zero-order valence-electron chi connectivity index (χ0n) is 16.0. The van der Waals surface area contributed by atoms with E-state index >= 15 is 0 Å². The molecule has 2 saturated heterocycles. The molecule has 28 heavy (non-hydrogen) atoms. The number of halogens is 2. The van der Waals surface area contributed by atoms with E-state index < -0.39 is 0 Å². The van der Waals surface area contributed by atoms with Crippen LogP contribution in [0, 0.1) is 5.41 Å². The summed E-state index contributed by atoms with van der Waals surface area (Å²) >= 11 is 12.1. The Morgan fingerprint density at radius 2 is 1.75 bits per heavy atom. The summed E-state index contributed by atoms with van der Waals surface area (Å²) < 4.78 is 0. The Morgan fingerprint density at radius 3 is 2.54 bits per heavy atom. The van der Waals surface area contributed by atoms with Crippen LogP contribution >= 0.6 is 23.2 Å². The average Bonchev–Trinajstić information content (AvgIpc) is 3.07. The molecule has 1 unspecified atom stereocenters. The zero-order chi connectivity index (χ0) is 19.6. The van der Waals surface area contributed by atoms with Crippen molar-refractivity contribution in [2.75, 3.05) is 26.2 Å². The fraction of sp³-hybridized carbons (Fsp3) is 0.435. The lowest BCUT2D eigenvalue weighted by Gasteiger charge is -2.40. The van der Waals surface area contributed by atoms with Crippen molar-refractivity contribution in [2.45, 2.75) is 32.2 Å². The Hall–Kier alpha value is -1.55. The molecule has 4 rings (SSSR count). The van der Waals surface area contributed by atoms with Crippen LogP contribution in [-0.4, -0.2) is 41.9 Å². The first-order valence-corrected chi connectivity index (χ1v) is 10.8. The maximum absolute atomic E-state index is 12.9. The van der Waals surface area contributed by atoms with E-state index in [0.717, 1.165) is 44.7 Å². The molecule has 0 aromatic heterocycles. The molecule has 0 N–H and O–H groups in total. The maximum Gasteiger partial charge on any atom is 0.227 e. The minimum Gasteiger partial charge on any atom is -0.342 e. The Bertz CT molecular complexity index is 842. The summed E-state index contributed by atoms with van der Waals surface area (Å²) in [6.07, 6.45) is 3.87. The molecule has 2 aliphatic heterocycles. The van der Waals surface area contributed by atoms with Crippen LogP contribution in [0.2, 0.25) is 10.0 Å². The van der Waals surface area contributed by atoms with E-state index in [1.807, 2.05) is 6.07 Å². The van der Waals surface area contributed by atoms with Gasteiger partial charge in [-0.05, 0) is 49.1 Å². The highest BCUT2D eigenvalue weighted by Crippen LogP contribution is 2.39. The van der Waals surface area contributed by atoms with Gasteiger partial charge in [0.1, 0.15) is 0 Å². The number of carbonyl (C=O) groups excluding carboxylic acids is 1. The highest BCUT2D eigenvalue weighted by Gasteiger charge is 2.42. The Kier molecular flexibility index (Phi) is 5.96. The lowest BCUT2D eigenvalue weighted by atomic mass is 9.79. The zero-order valence-corrected chi connectivity index (χ0v) is 17.6.